The van der Waals surface area contributed by atoms with Crippen molar-refractivity contribution in [2.45, 2.75) is 329 Å². The lowest BCUT2D eigenvalue weighted by Gasteiger charge is -2.52. The van der Waals surface area contributed by atoms with E-state index in [1.165, 1.54) is 0 Å². The summed E-state index contributed by atoms with van der Waals surface area (Å²) < 4.78 is 187. The minimum Gasteiger partial charge on any atom is -0.463 e. The summed E-state index contributed by atoms with van der Waals surface area (Å²) in [6.45, 7) is 14.5. The topological polar surface area (TPSA) is 610 Å². The van der Waals surface area contributed by atoms with Gasteiger partial charge in [0.15, 0.2) is 117 Å². The van der Waals surface area contributed by atoms with E-state index in [0.29, 0.717) is 6.42 Å². The largest absolute Gasteiger partial charge is 0.463 e. The molecule has 0 aromatic heterocycles. The molecule has 0 aromatic rings. The van der Waals surface area contributed by atoms with E-state index in [2.05, 4.69) is 6.58 Å². The van der Waals surface area contributed by atoms with Crippen molar-refractivity contribution in [2.75, 3.05) is 46.2 Å². The SMILES string of the molecule is C=CCCCO[C@@H]1O[C@H](COC(C)=O)[C@@H](OC(C)=O)[C@H](O[C@@H]2O[C@H](COC(C)=O)[C@@H](OC(C)=O)[C@H](O[C@@H]3O[C@H](COC(C)=O)[C@@H](OC(C)=O)[C@H](O[C@@H]4O[C@H](COC(C)=O)[C@@H](OC(C)=O)[C@H](O[C@@H]5O[C@H](COC(C)=O)[C@@H](OC(C)=O)[C@H](O[C@@H]6O[C@H](COC(C)=O)[C@@H](OC(C)=O)[C@H](OC(C)=O)[C@H]6OC(C)=O)[C@H]5OC(C)=O)[C@H]4OC(C)=O)[C@H]3OC(C)=O)[C@H]2OC(C)=O)[C@H]1OC(C)=O. The Kier molecular flexibility index (Phi) is 41.8. The Labute approximate surface area is 736 Å². The van der Waals surface area contributed by atoms with Gasteiger partial charge in [-0.2, -0.15) is 0 Å². The fourth-order valence-electron chi connectivity index (χ4n) is 14.2. The molecule has 6 aliphatic heterocycles. The summed E-state index contributed by atoms with van der Waals surface area (Å²) in [4.78, 5) is 254. The Hall–Kier alpha value is -10.8. The maximum absolute atomic E-state index is 14.1. The second-order valence-corrected chi connectivity index (χ2v) is 29.3. The van der Waals surface area contributed by atoms with Crippen LogP contribution in [0.15, 0.2) is 12.7 Å². The molecule has 0 aliphatic carbocycles. The molecular weight excluding hydrogens is 1750 g/mol. The lowest BCUT2D eigenvalue weighted by molar-refractivity contribution is -0.398. The number of hydrogen-bond donors (Lipinski definition) is 0. The normalized spacial score (nSPS) is 32.3. The zero-order chi connectivity index (χ0) is 96.3. The number of unbranched alkanes of at least 4 members (excludes halogenated alkanes) is 1. The van der Waals surface area contributed by atoms with Gasteiger partial charge in [-0.05, 0) is 12.8 Å². The van der Waals surface area contributed by atoms with E-state index in [0.717, 1.165) is 132 Å². The summed E-state index contributed by atoms with van der Waals surface area (Å²) >= 11 is 0. The van der Waals surface area contributed by atoms with Crippen molar-refractivity contribution in [1.82, 2.24) is 0 Å². The van der Waals surface area contributed by atoms with Crippen molar-refractivity contribution >= 4 is 113 Å². The molecule has 129 heavy (non-hydrogen) atoms. The van der Waals surface area contributed by atoms with Gasteiger partial charge in [-0.1, -0.05) is 6.08 Å². The highest BCUT2D eigenvalue weighted by Gasteiger charge is 2.65. The first-order valence-corrected chi connectivity index (χ1v) is 40.0. The Morgan fingerprint density at radius 2 is 0.349 bits per heavy atom. The average molecular weight is 1860 g/mol. The summed E-state index contributed by atoms with van der Waals surface area (Å²) in [5, 5.41) is 0. The first-order chi connectivity index (χ1) is 60.5. The van der Waals surface area contributed by atoms with Crippen LogP contribution in [-0.2, 0) is 238 Å². The first-order valence-electron chi connectivity index (χ1n) is 40.0. The number of rotatable bonds is 40. The molecule has 0 spiro atoms. The predicted molar refractivity (Wildman–Crippen MR) is 404 cm³/mol. The van der Waals surface area contributed by atoms with Crippen molar-refractivity contribution in [3.63, 3.8) is 0 Å². The fraction of sp³-hybridized carbons (Fsp3) is 0.734. The van der Waals surface area contributed by atoms with Crippen LogP contribution >= 0.6 is 0 Å². The van der Waals surface area contributed by atoms with Crippen LogP contribution in [-0.4, -0.2) is 344 Å². The molecule has 0 saturated carbocycles. The highest BCUT2D eigenvalue weighted by molar-refractivity contribution is 5.73. The minimum absolute atomic E-state index is 0.177. The zero-order valence-corrected chi connectivity index (χ0v) is 73.9. The first kappa shape index (κ1) is 107. The van der Waals surface area contributed by atoms with Gasteiger partial charge in [-0.15, -0.1) is 6.58 Å². The van der Waals surface area contributed by atoms with Crippen molar-refractivity contribution in [2.24, 2.45) is 0 Å². The Morgan fingerprint density at radius 3 is 0.519 bits per heavy atom. The second kappa shape index (κ2) is 50.4. The van der Waals surface area contributed by atoms with Gasteiger partial charge in [-0.3, -0.25) is 91.1 Å². The molecule has 6 aliphatic rings. The van der Waals surface area contributed by atoms with Gasteiger partial charge < -0.3 is 147 Å². The van der Waals surface area contributed by atoms with Gasteiger partial charge in [0, 0.05) is 132 Å². The maximum Gasteiger partial charge on any atom is 0.303 e. The lowest BCUT2D eigenvalue weighted by atomic mass is 9.94. The van der Waals surface area contributed by atoms with E-state index in [1.54, 1.807) is 6.08 Å². The van der Waals surface area contributed by atoms with Gasteiger partial charge >= 0.3 is 113 Å². The van der Waals surface area contributed by atoms with E-state index in [4.69, 9.17) is 147 Å². The Balaban J connectivity index is 1.69. The molecule has 0 unspecified atom stereocenters. The van der Waals surface area contributed by atoms with Crippen LogP contribution in [0.25, 0.3) is 0 Å². The van der Waals surface area contributed by atoms with Crippen LogP contribution in [0.1, 0.15) is 144 Å². The van der Waals surface area contributed by atoms with Crippen molar-refractivity contribution in [3.05, 3.63) is 12.7 Å². The van der Waals surface area contributed by atoms with Crippen molar-refractivity contribution in [3.8, 4) is 0 Å². The van der Waals surface area contributed by atoms with Crippen molar-refractivity contribution in [1.29, 1.82) is 0 Å². The Morgan fingerprint density at radius 1 is 0.202 bits per heavy atom. The maximum atomic E-state index is 14.1. The summed E-state index contributed by atoms with van der Waals surface area (Å²) in [6.07, 6.45) is -63.3. The molecule has 50 heteroatoms. The van der Waals surface area contributed by atoms with Crippen LogP contribution in [0.3, 0.4) is 0 Å². The van der Waals surface area contributed by atoms with Gasteiger partial charge in [0.1, 0.15) is 107 Å². The Bertz CT molecular complexity index is 3970. The van der Waals surface area contributed by atoms with E-state index in [-0.39, 0.29) is 13.0 Å². The molecule has 0 amide bonds. The summed E-state index contributed by atoms with van der Waals surface area (Å²) in [7, 11) is 0. The molecule has 6 saturated heterocycles. The zero-order valence-electron chi connectivity index (χ0n) is 73.9. The predicted octanol–water partition coefficient (Wildman–Crippen LogP) is -1.26. The molecule has 50 nitrogen and oxygen atoms in total. The van der Waals surface area contributed by atoms with Crippen LogP contribution in [0.4, 0.5) is 0 Å². The molecule has 0 bridgehead atoms. The van der Waals surface area contributed by atoms with E-state index >= 15 is 0 Å². The summed E-state index contributed by atoms with van der Waals surface area (Å²) in [5.74, 6) is -21.8. The third kappa shape index (κ3) is 33.0. The third-order valence-electron chi connectivity index (χ3n) is 18.5. The molecule has 724 valence electrons. The number of esters is 19. The monoisotopic (exact) mass is 1860 g/mol. The smallest absolute Gasteiger partial charge is 0.303 e. The standard InChI is InChI=1S/C79H108O50/c1-21-22-23-24-99-74-68(113-44(15)93)63(57(107-38(9)87)50(119-74)25-100-31(2)80)125-76-70(115-46(17)95)65(59(109-40(11)89)52(121-76)27-102-33(4)82)127-78-72(117-48(19)97)67(61(111-42(13)91)54(123-78)29-104-35(6)84)129-79-73(118-49(20)98)66(60(110-41(12)90)55(124-79)30-105-36(7)85)128-77-71(116-47(18)96)64(58(108-39(10)88)53(122-77)28-103-34(5)83)126-75-69(114-45(16)94)62(112-43(14)92)56(106-37(8)86)51(120-75)26-101-32(3)81/h21,50-79H,1,22-30H2,2-20H3/t50-,51-,52-,53-,54-,55-,56-,57-,58-,59-,60-,61-,62+,63+,64+,65+,66+,67+,68-,69-,70-,71-,72-,73-,74-,75+,76+,77+,78+,79+/m1/s1. The fourth-order valence-corrected chi connectivity index (χ4v) is 14.2. The minimum atomic E-state index is -2.59. The van der Waals surface area contributed by atoms with Crippen molar-refractivity contribution < 1.29 is 238 Å². The van der Waals surface area contributed by atoms with Gasteiger partial charge in [-0.25, -0.2) is 0 Å². The van der Waals surface area contributed by atoms with Crippen LogP contribution in [0.2, 0.25) is 0 Å². The number of carbonyl (C=O) groups is 19. The quantitative estimate of drug-likeness (QED) is 0.0299. The van der Waals surface area contributed by atoms with Gasteiger partial charge in [0.2, 0.25) is 0 Å². The molecule has 0 radical (unpaired) electrons. The number of allylic oxidation sites excluding steroid dienone is 1. The molecule has 30 atom stereocenters. The molecule has 0 N–H and O–H groups in total. The van der Waals surface area contributed by atoms with Crippen LogP contribution in [0, 0.1) is 0 Å². The highest BCUT2D eigenvalue weighted by Crippen LogP contribution is 2.43. The summed E-state index contributed by atoms with van der Waals surface area (Å²) in [6, 6.07) is 0. The third-order valence-corrected chi connectivity index (χ3v) is 18.5. The molecular formula is C79H108O50. The summed E-state index contributed by atoms with van der Waals surface area (Å²) in [5.41, 5.74) is 0. The molecule has 6 fully saturated rings. The van der Waals surface area contributed by atoms with E-state index < -0.39 is 337 Å². The van der Waals surface area contributed by atoms with Gasteiger partial charge in [0.25, 0.3) is 0 Å². The lowest BCUT2D eigenvalue weighted by Crippen LogP contribution is -2.70. The number of ether oxygens (including phenoxy) is 31. The second-order valence-electron chi connectivity index (χ2n) is 29.3. The van der Waals surface area contributed by atoms with Gasteiger partial charge in [0.05, 0.1) is 6.61 Å². The van der Waals surface area contributed by atoms with E-state index in [9.17, 15) is 91.1 Å². The molecule has 6 heterocycles. The number of hydrogen-bond acceptors (Lipinski definition) is 50. The molecule has 0 aromatic carbocycles. The highest BCUT2D eigenvalue weighted by atomic mass is 16.8. The van der Waals surface area contributed by atoms with E-state index in [1.807, 2.05) is 0 Å². The average Bonchev–Trinajstić information content (AvgIpc) is 0.755. The van der Waals surface area contributed by atoms with Crippen LogP contribution < -0.4 is 0 Å². The number of carbonyl (C=O) groups excluding carboxylic acids is 19. The van der Waals surface area contributed by atoms with Crippen LogP contribution in [0.5, 0.6) is 0 Å². The molecule has 6 rings (SSSR count).